The third kappa shape index (κ3) is 2.61. The van der Waals surface area contributed by atoms with Gasteiger partial charge in [0.2, 0.25) is 0 Å². The molecule has 0 saturated heterocycles. The monoisotopic (exact) mass is 307 g/mol. The number of nitrogens with two attached hydrogens (primary N) is 1. The summed E-state index contributed by atoms with van der Waals surface area (Å²) >= 11 is 0. The minimum Gasteiger partial charge on any atom is -0.329 e. The Bertz CT molecular complexity index is 769. The van der Waals surface area contributed by atoms with Gasteiger partial charge in [-0.05, 0) is 13.3 Å². The van der Waals surface area contributed by atoms with Crippen molar-refractivity contribution in [1.82, 2.24) is 18.7 Å². The van der Waals surface area contributed by atoms with Gasteiger partial charge in [0.05, 0.1) is 0 Å². The first kappa shape index (κ1) is 16.5. The van der Waals surface area contributed by atoms with Gasteiger partial charge >= 0.3 is 5.69 Å². The van der Waals surface area contributed by atoms with E-state index in [1.807, 2.05) is 18.4 Å². The minimum atomic E-state index is -0.306. The van der Waals surface area contributed by atoms with Crippen molar-refractivity contribution >= 4 is 11.2 Å². The predicted molar refractivity (Wildman–Crippen MR) is 87.3 cm³/mol. The van der Waals surface area contributed by atoms with E-state index in [1.165, 1.54) is 4.57 Å². The van der Waals surface area contributed by atoms with Crippen LogP contribution in [0.15, 0.2) is 9.59 Å². The SMILES string of the molecule is CCCCn1c(=O)n(CCN)c(=O)c2c1nc(CC)n2CC. The zero-order chi connectivity index (χ0) is 16.3. The molecular weight excluding hydrogens is 282 g/mol. The number of fused-ring (bicyclic) bond motifs is 1. The Hall–Kier alpha value is -1.89. The Morgan fingerprint density at radius 2 is 1.77 bits per heavy atom. The molecule has 0 aliphatic rings. The lowest BCUT2D eigenvalue weighted by Crippen LogP contribution is -2.42. The molecule has 0 aromatic carbocycles. The van der Waals surface area contributed by atoms with Crippen molar-refractivity contribution in [2.24, 2.45) is 5.73 Å². The molecular formula is C15H25N5O2. The number of rotatable bonds is 7. The van der Waals surface area contributed by atoms with Crippen LogP contribution in [0.2, 0.25) is 0 Å². The van der Waals surface area contributed by atoms with Crippen molar-refractivity contribution in [3.05, 3.63) is 26.7 Å². The van der Waals surface area contributed by atoms with Gasteiger partial charge in [-0.2, -0.15) is 0 Å². The van der Waals surface area contributed by atoms with Crippen LogP contribution in [-0.2, 0) is 26.1 Å². The molecule has 2 heterocycles. The molecule has 0 unspecified atom stereocenters. The number of imidazole rings is 1. The fraction of sp³-hybridized carbons (Fsp3) is 0.667. The van der Waals surface area contributed by atoms with Crippen LogP contribution in [0, 0.1) is 0 Å². The molecule has 0 radical (unpaired) electrons. The van der Waals surface area contributed by atoms with E-state index in [9.17, 15) is 9.59 Å². The van der Waals surface area contributed by atoms with E-state index in [2.05, 4.69) is 11.9 Å². The van der Waals surface area contributed by atoms with Crippen molar-refractivity contribution in [2.45, 2.75) is 59.7 Å². The second kappa shape index (κ2) is 6.91. The molecule has 7 heteroatoms. The van der Waals surface area contributed by atoms with Gasteiger partial charge < -0.3 is 10.3 Å². The molecule has 2 rings (SSSR count). The summed E-state index contributed by atoms with van der Waals surface area (Å²) in [4.78, 5) is 29.9. The number of nitrogens with zero attached hydrogens (tertiary/aromatic N) is 4. The van der Waals surface area contributed by atoms with Gasteiger partial charge in [0.1, 0.15) is 5.82 Å². The number of aryl methyl sites for hydroxylation is 3. The topological polar surface area (TPSA) is 87.8 Å². The molecule has 7 nitrogen and oxygen atoms in total. The Balaban J connectivity index is 2.88. The van der Waals surface area contributed by atoms with Gasteiger partial charge in [0.25, 0.3) is 5.56 Å². The normalized spacial score (nSPS) is 11.5. The van der Waals surface area contributed by atoms with E-state index in [4.69, 9.17) is 5.73 Å². The molecule has 0 atom stereocenters. The van der Waals surface area contributed by atoms with Crippen LogP contribution in [0.25, 0.3) is 11.2 Å². The quantitative estimate of drug-likeness (QED) is 0.815. The Labute approximate surface area is 129 Å². The first-order valence-corrected chi connectivity index (χ1v) is 8.03. The van der Waals surface area contributed by atoms with E-state index >= 15 is 0 Å². The van der Waals surface area contributed by atoms with Crippen LogP contribution in [-0.4, -0.2) is 25.2 Å². The summed E-state index contributed by atoms with van der Waals surface area (Å²) in [5.74, 6) is 0.838. The van der Waals surface area contributed by atoms with Crippen molar-refractivity contribution in [2.75, 3.05) is 6.54 Å². The number of hydrogen-bond acceptors (Lipinski definition) is 4. The maximum absolute atomic E-state index is 12.7. The van der Waals surface area contributed by atoms with Crippen molar-refractivity contribution in [3.8, 4) is 0 Å². The van der Waals surface area contributed by atoms with E-state index in [-0.39, 0.29) is 24.3 Å². The van der Waals surface area contributed by atoms with Gasteiger partial charge in [-0.1, -0.05) is 20.3 Å². The zero-order valence-corrected chi connectivity index (χ0v) is 13.6. The fourth-order valence-electron chi connectivity index (χ4n) is 2.79. The average Bonchev–Trinajstić information content (AvgIpc) is 2.90. The van der Waals surface area contributed by atoms with Crippen LogP contribution >= 0.6 is 0 Å². The first-order valence-electron chi connectivity index (χ1n) is 8.03. The van der Waals surface area contributed by atoms with Crippen molar-refractivity contribution in [1.29, 1.82) is 0 Å². The second-order valence-corrected chi connectivity index (χ2v) is 5.33. The second-order valence-electron chi connectivity index (χ2n) is 5.33. The summed E-state index contributed by atoms with van der Waals surface area (Å²) in [5.41, 5.74) is 6.00. The smallest absolute Gasteiger partial charge is 0.329 e. The molecule has 2 N–H and O–H groups in total. The fourth-order valence-corrected chi connectivity index (χ4v) is 2.79. The highest BCUT2D eigenvalue weighted by atomic mass is 16.2. The highest BCUT2D eigenvalue weighted by molar-refractivity contribution is 5.71. The first-order chi connectivity index (χ1) is 10.6. The van der Waals surface area contributed by atoms with Crippen molar-refractivity contribution in [3.63, 3.8) is 0 Å². The molecule has 0 aliphatic heterocycles. The zero-order valence-electron chi connectivity index (χ0n) is 13.6. The van der Waals surface area contributed by atoms with Gasteiger partial charge in [0.15, 0.2) is 11.2 Å². The summed E-state index contributed by atoms with van der Waals surface area (Å²) in [6.45, 7) is 7.77. The lowest BCUT2D eigenvalue weighted by molar-refractivity contribution is 0.550. The lowest BCUT2D eigenvalue weighted by Gasteiger charge is -2.11. The number of unbranched alkanes of at least 4 members (excludes halogenated alkanes) is 1. The van der Waals surface area contributed by atoms with Gasteiger partial charge in [-0.15, -0.1) is 0 Å². The number of aromatic nitrogens is 4. The van der Waals surface area contributed by atoms with Crippen molar-refractivity contribution < 1.29 is 0 Å². The predicted octanol–water partition coefficient (Wildman–Crippen LogP) is 0.701. The largest absolute Gasteiger partial charge is 0.332 e. The molecule has 0 fully saturated rings. The summed E-state index contributed by atoms with van der Waals surface area (Å²) in [7, 11) is 0. The van der Waals surface area contributed by atoms with E-state index in [1.54, 1.807) is 4.57 Å². The molecule has 122 valence electrons. The lowest BCUT2D eigenvalue weighted by atomic mass is 10.3. The summed E-state index contributed by atoms with van der Waals surface area (Å²) in [5, 5.41) is 0. The van der Waals surface area contributed by atoms with Gasteiger partial charge in [-0.25, -0.2) is 9.78 Å². The van der Waals surface area contributed by atoms with E-state index < -0.39 is 0 Å². The van der Waals surface area contributed by atoms with Gasteiger partial charge in [0, 0.05) is 32.6 Å². The van der Waals surface area contributed by atoms with Crippen LogP contribution in [0.3, 0.4) is 0 Å². The van der Waals surface area contributed by atoms with Crippen LogP contribution < -0.4 is 17.0 Å². The standard InChI is InChI=1S/C15H25N5O2/c1-4-7-9-19-13-12(18(6-3)11(5-2)17-13)14(21)20(10-8-16)15(19)22/h4-10,16H2,1-3H3. The summed E-state index contributed by atoms with van der Waals surface area (Å²) < 4.78 is 4.78. The molecule has 0 bridgehead atoms. The maximum Gasteiger partial charge on any atom is 0.332 e. The molecule has 2 aromatic heterocycles. The number of hydrogen-bond donors (Lipinski definition) is 1. The summed E-state index contributed by atoms with van der Waals surface area (Å²) in [6, 6.07) is 0. The molecule has 0 amide bonds. The summed E-state index contributed by atoms with van der Waals surface area (Å²) in [6.07, 6.45) is 2.57. The Morgan fingerprint density at radius 3 is 2.32 bits per heavy atom. The minimum absolute atomic E-state index is 0.232. The molecule has 0 spiro atoms. The third-order valence-corrected chi connectivity index (χ3v) is 3.91. The Kier molecular flexibility index (Phi) is 5.18. The maximum atomic E-state index is 12.7. The molecule has 0 aliphatic carbocycles. The molecule has 22 heavy (non-hydrogen) atoms. The molecule has 0 saturated carbocycles. The highest BCUT2D eigenvalue weighted by Crippen LogP contribution is 2.13. The molecule has 2 aromatic rings. The van der Waals surface area contributed by atoms with E-state index in [0.717, 1.165) is 25.1 Å². The van der Waals surface area contributed by atoms with Crippen LogP contribution in [0.4, 0.5) is 0 Å². The van der Waals surface area contributed by atoms with Gasteiger partial charge in [-0.3, -0.25) is 13.9 Å². The van der Waals surface area contributed by atoms with E-state index in [0.29, 0.717) is 24.3 Å². The van der Waals surface area contributed by atoms with Crippen LogP contribution in [0.5, 0.6) is 0 Å². The highest BCUT2D eigenvalue weighted by Gasteiger charge is 2.19. The van der Waals surface area contributed by atoms with Crippen LogP contribution in [0.1, 0.15) is 39.4 Å². The Morgan fingerprint density at radius 1 is 1.05 bits per heavy atom. The average molecular weight is 307 g/mol. The third-order valence-electron chi connectivity index (χ3n) is 3.91.